The molecule has 2 rings (SSSR count). The molecule has 0 heterocycles. The summed E-state index contributed by atoms with van der Waals surface area (Å²) >= 11 is 0. The summed E-state index contributed by atoms with van der Waals surface area (Å²) in [5.41, 5.74) is 0.803. The SMILES string of the molecule is O=P(O)(OCc1cccc(F)c1)OCc1cccc(F)c1. The molecule has 0 bridgehead atoms. The summed E-state index contributed by atoms with van der Waals surface area (Å²) < 4.78 is 47.0. The maximum Gasteiger partial charge on any atom is 0.472 e. The third-order valence-electron chi connectivity index (χ3n) is 2.57. The van der Waals surface area contributed by atoms with Gasteiger partial charge in [-0.1, -0.05) is 24.3 Å². The summed E-state index contributed by atoms with van der Waals surface area (Å²) in [5.74, 6) is -0.936. The van der Waals surface area contributed by atoms with E-state index in [1.165, 1.54) is 36.4 Å². The molecule has 112 valence electrons. The van der Waals surface area contributed by atoms with Gasteiger partial charge in [0, 0.05) is 0 Å². The van der Waals surface area contributed by atoms with E-state index in [4.69, 9.17) is 9.05 Å². The standard InChI is InChI=1S/C14H13F2O4P/c15-13-5-1-3-11(7-13)9-19-21(17,18)20-10-12-4-2-6-14(16)8-12/h1-8H,9-10H2,(H,17,18). The highest BCUT2D eigenvalue weighted by atomic mass is 31.2. The molecular formula is C14H13F2O4P. The molecule has 0 aliphatic heterocycles. The average Bonchev–Trinajstić information content (AvgIpc) is 2.44. The second-order valence-electron chi connectivity index (χ2n) is 4.28. The molecule has 0 unspecified atom stereocenters. The van der Waals surface area contributed by atoms with E-state index in [9.17, 15) is 18.2 Å². The quantitative estimate of drug-likeness (QED) is 0.824. The molecule has 2 aromatic carbocycles. The van der Waals surface area contributed by atoms with Crippen LogP contribution in [0.3, 0.4) is 0 Å². The predicted molar refractivity (Wildman–Crippen MR) is 72.2 cm³/mol. The summed E-state index contributed by atoms with van der Waals surface area (Å²) in [5, 5.41) is 0. The molecule has 0 spiro atoms. The van der Waals surface area contributed by atoms with Gasteiger partial charge in [-0.2, -0.15) is 0 Å². The molecule has 0 aliphatic rings. The first-order valence-electron chi connectivity index (χ1n) is 6.05. The fourth-order valence-corrected chi connectivity index (χ4v) is 2.30. The minimum absolute atomic E-state index is 0.269. The van der Waals surface area contributed by atoms with Gasteiger partial charge in [-0.05, 0) is 35.4 Å². The maximum atomic E-state index is 12.9. The fourth-order valence-electron chi connectivity index (χ4n) is 1.60. The summed E-state index contributed by atoms with van der Waals surface area (Å²) in [6.45, 7) is -0.538. The van der Waals surface area contributed by atoms with E-state index in [1.54, 1.807) is 12.1 Å². The Labute approximate surface area is 120 Å². The van der Waals surface area contributed by atoms with Gasteiger partial charge in [0.25, 0.3) is 0 Å². The van der Waals surface area contributed by atoms with Crippen LogP contribution < -0.4 is 0 Å². The molecule has 2 aromatic rings. The van der Waals surface area contributed by atoms with Gasteiger partial charge in [0.1, 0.15) is 11.6 Å². The molecule has 0 aliphatic carbocycles. The number of rotatable bonds is 6. The largest absolute Gasteiger partial charge is 0.472 e. The number of phosphoric ester groups is 1. The third-order valence-corrected chi connectivity index (χ3v) is 3.48. The van der Waals surface area contributed by atoms with Crippen LogP contribution in [0, 0.1) is 11.6 Å². The van der Waals surface area contributed by atoms with Crippen LogP contribution in [0.5, 0.6) is 0 Å². The van der Waals surface area contributed by atoms with Gasteiger partial charge < -0.3 is 4.89 Å². The highest BCUT2D eigenvalue weighted by molar-refractivity contribution is 7.47. The summed E-state index contributed by atoms with van der Waals surface area (Å²) in [6.07, 6.45) is 0. The van der Waals surface area contributed by atoms with Crippen molar-refractivity contribution in [3.8, 4) is 0 Å². The molecule has 0 radical (unpaired) electrons. The van der Waals surface area contributed by atoms with Crippen molar-refractivity contribution in [3.63, 3.8) is 0 Å². The third kappa shape index (κ3) is 5.36. The van der Waals surface area contributed by atoms with Gasteiger partial charge in [0.05, 0.1) is 13.2 Å². The highest BCUT2D eigenvalue weighted by Gasteiger charge is 2.21. The Balaban J connectivity index is 1.88. The predicted octanol–water partition coefficient (Wildman–Crippen LogP) is 3.80. The van der Waals surface area contributed by atoms with Crippen LogP contribution in [0.2, 0.25) is 0 Å². The Morgan fingerprint density at radius 3 is 1.71 bits per heavy atom. The Morgan fingerprint density at radius 1 is 0.905 bits per heavy atom. The van der Waals surface area contributed by atoms with Crippen molar-refractivity contribution in [2.45, 2.75) is 13.2 Å². The number of phosphoric acid groups is 1. The van der Waals surface area contributed by atoms with Crippen LogP contribution in [0.4, 0.5) is 8.78 Å². The van der Waals surface area contributed by atoms with Crippen molar-refractivity contribution >= 4 is 7.82 Å². The minimum atomic E-state index is -4.30. The minimum Gasteiger partial charge on any atom is -0.302 e. The lowest BCUT2D eigenvalue weighted by atomic mass is 10.2. The second-order valence-corrected chi connectivity index (χ2v) is 5.73. The zero-order chi connectivity index (χ0) is 15.3. The van der Waals surface area contributed by atoms with Crippen LogP contribution in [0.1, 0.15) is 11.1 Å². The van der Waals surface area contributed by atoms with Gasteiger partial charge in [-0.3, -0.25) is 9.05 Å². The lowest BCUT2D eigenvalue weighted by Crippen LogP contribution is -1.97. The van der Waals surface area contributed by atoms with Crippen LogP contribution in [0.25, 0.3) is 0 Å². The van der Waals surface area contributed by atoms with E-state index < -0.39 is 19.5 Å². The van der Waals surface area contributed by atoms with Crippen LogP contribution in [-0.4, -0.2) is 4.89 Å². The number of hydrogen-bond donors (Lipinski definition) is 1. The second kappa shape index (κ2) is 6.91. The van der Waals surface area contributed by atoms with Crippen molar-refractivity contribution in [2.75, 3.05) is 0 Å². The monoisotopic (exact) mass is 314 g/mol. The van der Waals surface area contributed by atoms with E-state index in [0.29, 0.717) is 11.1 Å². The molecule has 0 saturated heterocycles. The molecule has 7 heteroatoms. The first-order valence-corrected chi connectivity index (χ1v) is 7.55. The van der Waals surface area contributed by atoms with E-state index in [0.717, 1.165) is 0 Å². The first kappa shape index (κ1) is 15.8. The summed E-state index contributed by atoms with van der Waals surface area (Å²) in [6, 6.07) is 10.9. The zero-order valence-electron chi connectivity index (χ0n) is 10.9. The molecule has 1 N–H and O–H groups in total. The molecule has 0 saturated carbocycles. The van der Waals surface area contributed by atoms with Crippen LogP contribution in [-0.2, 0) is 26.8 Å². The van der Waals surface area contributed by atoms with Crippen molar-refractivity contribution < 1.29 is 27.3 Å². The summed E-state index contributed by atoms with van der Waals surface area (Å²) in [4.78, 5) is 9.50. The van der Waals surface area contributed by atoms with Crippen molar-refractivity contribution in [1.82, 2.24) is 0 Å². The van der Waals surface area contributed by atoms with E-state index in [2.05, 4.69) is 0 Å². The van der Waals surface area contributed by atoms with Crippen LogP contribution >= 0.6 is 7.82 Å². The lowest BCUT2D eigenvalue weighted by molar-refractivity contribution is 0.137. The van der Waals surface area contributed by atoms with Gasteiger partial charge in [-0.15, -0.1) is 0 Å². The number of halogens is 2. The smallest absolute Gasteiger partial charge is 0.302 e. The van der Waals surface area contributed by atoms with Crippen LogP contribution in [0.15, 0.2) is 48.5 Å². The van der Waals surface area contributed by atoms with Crippen molar-refractivity contribution in [2.24, 2.45) is 0 Å². The van der Waals surface area contributed by atoms with Gasteiger partial charge >= 0.3 is 7.82 Å². The van der Waals surface area contributed by atoms with Gasteiger partial charge in [-0.25, -0.2) is 13.3 Å². The molecular weight excluding hydrogens is 301 g/mol. The van der Waals surface area contributed by atoms with Crippen molar-refractivity contribution in [3.05, 3.63) is 71.3 Å². The normalized spacial score (nSPS) is 11.6. The topological polar surface area (TPSA) is 55.8 Å². The molecule has 0 atom stereocenters. The highest BCUT2D eigenvalue weighted by Crippen LogP contribution is 2.44. The fraction of sp³-hybridized carbons (Fsp3) is 0.143. The Morgan fingerprint density at radius 2 is 1.33 bits per heavy atom. The lowest BCUT2D eigenvalue weighted by Gasteiger charge is -2.12. The van der Waals surface area contributed by atoms with E-state index >= 15 is 0 Å². The zero-order valence-corrected chi connectivity index (χ0v) is 11.8. The Bertz CT molecular complexity index is 609. The Kier molecular flexibility index (Phi) is 5.20. The summed E-state index contributed by atoms with van der Waals surface area (Å²) in [7, 11) is -4.30. The maximum absolute atomic E-state index is 12.9. The molecule has 0 fully saturated rings. The van der Waals surface area contributed by atoms with Gasteiger partial charge in [0.2, 0.25) is 0 Å². The number of benzene rings is 2. The first-order chi connectivity index (χ1) is 9.94. The molecule has 21 heavy (non-hydrogen) atoms. The molecule has 0 aromatic heterocycles. The Hall–Kier alpha value is -1.59. The molecule has 4 nitrogen and oxygen atoms in total. The average molecular weight is 314 g/mol. The number of hydrogen-bond acceptors (Lipinski definition) is 3. The van der Waals surface area contributed by atoms with Crippen molar-refractivity contribution in [1.29, 1.82) is 0 Å². The molecule has 0 amide bonds. The van der Waals surface area contributed by atoms with E-state index in [1.807, 2.05) is 0 Å². The van der Waals surface area contributed by atoms with E-state index in [-0.39, 0.29) is 13.2 Å². The van der Waals surface area contributed by atoms with Gasteiger partial charge in [0.15, 0.2) is 0 Å².